The van der Waals surface area contributed by atoms with Gasteiger partial charge < -0.3 is 10.0 Å². The van der Waals surface area contributed by atoms with Crippen molar-refractivity contribution in [1.82, 2.24) is 10.2 Å². The normalized spacial score (nSPS) is 24.2. The number of aromatic nitrogens is 2. The van der Waals surface area contributed by atoms with Crippen molar-refractivity contribution in [3.63, 3.8) is 0 Å². The second-order valence-electron chi connectivity index (χ2n) is 4.59. The quantitative estimate of drug-likeness (QED) is 0.857. The first-order chi connectivity index (χ1) is 8.58. The van der Waals surface area contributed by atoms with Gasteiger partial charge in [-0.15, -0.1) is 10.2 Å². The number of piperidine rings is 1. The minimum absolute atomic E-state index is 0.0423. The molecule has 1 saturated heterocycles. The second-order valence-corrected chi connectivity index (χ2v) is 6.76. The van der Waals surface area contributed by atoms with Crippen LogP contribution in [0.3, 0.4) is 0 Å². The molecule has 2 unspecified atom stereocenters. The number of hydrogen-bond acceptors (Lipinski definition) is 6. The van der Waals surface area contributed by atoms with E-state index >= 15 is 0 Å². The number of nitrogens with zero attached hydrogens (tertiary/aromatic N) is 3. The van der Waals surface area contributed by atoms with E-state index in [1.807, 2.05) is 0 Å². The number of anilines is 1. The fourth-order valence-electron chi connectivity index (χ4n) is 2.11. The molecular weight excluding hydrogens is 270 g/mol. The Morgan fingerprint density at radius 2 is 2.33 bits per heavy atom. The predicted octanol–water partition coefficient (Wildman–Crippen LogP) is 2.34. The van der Waals surface area contributed by atoms with Crippen LogP contribution >= 0.6 is 23.1 Å². The lowest BCUT2D eigenvalue weighted by Crippen LogP contribution is -2.42. The zero-order valence-electron chi connectivity index (χ0n) is 10.5. The molecule has 1 aromatic rings. The molecule has 1 N–H and O–H groups in total. The number of carbonyl (C=O) groups is 1. The number of hydrogen-bond donors (Lipinski definition) is 1. The van der Waals surface area contributed by atoms with Gasteiger partial charge in [-0.3, -0.25) is 4.79 Å². The smallest absolute Gasteiger partial charge is 0.313 e. The van der Waals surface area contributed by atoms with Gasteiger partial charge >= 0.3 is 5.97 Å². The Labute approximate surface area is 115 Å². The molecule has 2 atom stereocenters. The summed E-state index contributed by atoms with van der Waals surface area (Å²) in [5.41, 5.74) is 0. The first kappa shape index (κ1) is 13.6. The molecule has 1 aliphatic heterocycles. The highest BCUT2D eigenvalue weighted by molar-refractivity contribution is 8.01. The summed E-state index contributed by atoms with van der Waals surface area (Å²) in [6.07, 6.45) is 2.44. The second kappa shape index (κ2) is 5.88. The van der Waals surface area contributed by atoms with Crippen LogP contribution in [0.1, 0.15) is 26.7 Å². The van der Waals surface area contributed by atoms with Crippen molar-refractivity contribution >= 4 is 34.2 Å². The van der Waals surface area contributed by atoms with Gasteiger partial charge in [0.25, 0.3) is 0 Å². The van der Waals surface area contributed by atoms with Crippen LogP contribution in [-0.2, 0) is 4.79 Å². The summed E-state index contributed by atoms with van der Waals surface area (Å²) < 4.78 is 0.734. The van der Waals surface area contributed by atoms with E-state index in [1.54, 1.807) is 0 Å². The van der Waals surface area contributed by atoms with Crippen molar-refractivity contribution in [1.29, 1.82) is 0 Å². The van der Waals surface area contributed by atoms with Crippen molar-refractivity contribution in [3.05, 3.63) is 0 Å². The van der Waals surface area contributed by atoms with Gasteiger partial charge in [0.1, 0.15) is 0 Å². The van der Waals surface area contributed by atoms with Crippen LogP contribution < -0.4 is 4.90 Å². The number of rotatable bonds is 4. The maximum atomic E-state index is 10.5. The molecule has 0 saturated carbocycles. The van der Waals surface area contributed by atoms with Gasteiger partial charge in [-0.1, -0.05) is 30.0 Å². The van der Waals surface area contributed by atoms with Crippen LogP contribution in [0.5, 0.6) is 0 Å². The molecule has 18 heavy (non-hydrogen) atoms. The highest BCUT2D eigenvalue weighted by Crippen LogP contribution is 2.33. The Hall–Kier alpha value is -0.820. The van der Waals surface area contributed by atoms with E-state index in [-0.39, 0.29) is 5.75 Å². The lowest BCUT2D eigenvalue weighted by atomic mass is 9.93. The molecule has 100 valence electrons. The standard InChI is InChI=1S/C11H17N3O2S2/c1-7-4-3-5-14(8(7)2)10-12-13-11(18-10)17-6-9(15)16/h7-8H,3-6H2,1-2H3,(H,15,16). The Balaban J connectivity index is 2.02. The maximum absolute atomic E-state index is 10.5. The third-order valence-electron chi connectivity index (χ3n) is 3.33. The molecule has 2 heterocycles. The Bertz CT molecular complexity index is 424. The molecule has 0 spiro atoms. The molecule has 2 rings (SSSR count). The zero-order chi connectivity index (χ0) is 13.1. The highest BCUT2D eigenvalue weighted by Gasteiger charge is 2.27. The fraction of sp³-hybridized carbons (Fsp3) is 0.727. The number of aliphatic carboxylic acids is 1. The maximum Gasteiger partial charge on any atom is 0.313 e. The summed E-state index contributed by atoms with van der Waals surface area (Å²) in [6.45, 7) is 5.50. The molecule has 0 aliphatic carbocycles. The highest BCUT2D eigenvalue weighted by atomic mass is 32.2. The summed E-state index contributed by atoms with van der Waals surface area (Å²) in [7, 11) is 0. The van der Waals surface area contributed by atoms with Gasteiger partial charge in [-0.25, -0.2) is 0 Å². The minimum Gasteiger partial charge on any atom is -0.481 e. The van der Waals surface area contributed by atoms with Crippen molar-refractivity contribution < 1.29 is 9.90 Å². The summed E-state index contributed by atoms with van der Waals surface area (Å²) in [5, 5.41) is 17.8. The fourth-order valence-corrected chi connectivity index (χ4v) is 3.78. The first-order valence-corrected chi connectivity index (χ1v) is 7.83. The predicted molar refractivity (Wildman–Crippen MR) is 73.5 cm³/mol. The SMILES string of the molecule is CC1CCCN(c2nnc(SCC(=O)O)s2)C1C. The molecule has 7 heteroatoms. The van der Waals surface area contributed by atoms with E-state index in [0.29, 0.717) is 12.0 Å². The van der Waals surface area contributed by atoms with Crippen molar-refractivity contribution in [2.24, 2.45) is 5.92 Å². The summed E-state index contributed by atoms with van der Waals surface area (Å²) >= 11 is 2.72. The Morgan fingerprint density at radius 3 is 3.06 bits per heavy atom. The molecule has 0 radical (unpaired) electrons. The number of carboxylic acids is 1. The average molecular weight is 287 g/mol. The monoisotopic (exact) mass is 287 g/mol. The van der Waals surface area contributed by atoms with Gasteiger partial charge in [0.2, 0.25) is 5.13 Å². The van der Waals surface area contributed by atoms with Crippen LogP contribution in [0.4, 0.5) is 5.13 Å². The van der Waals surface area contributed by atoms with E-state index < -0.39 is 5.97 Å². The van der Waals surface area contributed by atoms with E-state index in [2.05, 4.69) is 28.9 Å². The third kappa shape index (κ3) is 3.14. The van der Waals surface area contributed by atoms with Gasteiger partial charge in [0.05, 0.1) is 5.75 Å². The van der Waals surface area contributed by atoms with Crippen molar-refractivity contribution in [2.75, 3.05) is 17.2 Å². The van der Waals surface area contributed by atoms with Crippen LogP contribution in [0.25, 0.3) is 0 Å². The summed E-state index contributed by atoms with van der Waals surface area (Å²) in [4.78, 5) is 12.8. The number of carboxylic acid groups (broad SMARTS) is 1. The lowest BCUT2D eigenvalue weighted by molar-refractivity contribution is -0.133. The molecular formula is C11H17N3O2S2. The number of thioether (sulfide) groups is 1. The largest absolute Gasteiger partial charge is 0.481 e. The van der Waals surface area contributed by atoms with E-state index in [4.69, 9.17) is 5.11 Å². The lowest BCUT2D eigenvalue weighted by Gasteiger charge is -2.37. The van der Waals surface area contributed by atoms with Crippen LogP contribution in [0, 0.1) is 5.92 Å². The molecule has 0 aromatic carbocycles. The third-order valence-corrected chi connectivity index (χ3v) is 5.41. The molecule has 1 aromatic heterocycles. The minimum atomic E-state index is -0.822. The van der Waals surface area contributed by atoms with Gasteiger partial charge in [-0.2, -0.15) is 0 Å². The van der Waals surface area contributed by atoms with Gasteiger partial charge in [-0.05, 0) is 25.7 Å². The van der Waals surface area contributed by atoms with Crippen LogP contribution in [0.2, 0.25) is 0 Å². The van der Waals surface area contributed by atoms with E-state index in [9.17, 15) is 4.79 Å². The summed E-state index contributed by atoms with van der Waals surface area (Å²) in [6, 6.07) is 0.476. The first-order valence-electron chi connectivity index (χ1n) is 6.02. The van der Waals surface area contributed by atoms with Crippen LogP contribution in [-0.4, -0.2) is 39.6 Å². The Morgan fingerprint density at radius 1 is 1.56 bits per heavy atom. The van der Waals surface area contributed by atoms with E-state index in [1.165, 1.54) is 35.9 Å². The van der Waals surface area contributed by atoms with Gasteiger partial charge in [0, 0.05) is 12.6 Å². The van der Waals surface area contributed by atoms with Crippen molar-refractivity contribution in [2.45, 2.75) is 37.1 Å². The van der Waals surface area contributed by atoms with Crippen LogP contribution in [0.15, 0.2) is 4.34 Å². The molecule has 0 amide bonds. The Kier molecular flexibility index (Phi) is 4.45. The summed E-state index contributed by atoms with van der Waals surface area (Å²) in [5.74, 6) is -0.116. The molecule has 1 aliphatic rings. The van der Waals surface area contributed by atoms with Crippen molar-refractivity contribution in [3.8, 4) is 0 Å². The van der Waals surface area contributed by atoms with E-state index in [0.717, 1.165) is 16.0 Å². The zero-order valence-corrected chi connectivity index (χ0v) is 12.1. The average Bonchev–Trinajstić information content (AvgIpc) is 2.78. The molecule has 1 fully saturated rings. The topological polar surface area (TPSA) is 66.3 Å². The molecule has 0 bridgehead atoms. The van der Waals surface area contributed by atoms with Gasteiger partial charge in [0.15, 0.2) is 4.34 Å². The molecule has 5 nitrogen and oxygen atoms in total.